The number of rotatable bonds is 5. The van der Waals surface area contributed by atoms with Gasteiger partial charge in [0.05, 0.1) is 17.7 Å². The number of aromatic nitrogens is 3. The van der Waals surface area contributed by atoms with Crippen LogP contribution in [0.25, 0.3) is 0 Å². The summed E-state index contributed by atoms with van der Waals surface area (Å²) in [5, 5.41) is 6.40. The molecule has 0 aromatic carbocycles. The maximum atomic E-state index is 4.53. The Hall–Kier alpha value is -1.69. The van der Waals surface area contributed by atoms with Gasteiger partial charge in [-0.15, -0.1) is 11.3 Å². The lowest BCUT2D eigenvalue weighted by atomic mass is 10.2. The summed E-state index contributed by atoms with van der Waals surface area (Å²) in [6, 6.07) is 1.92. The zero-order chi connectivity index (χ0) is 13.8. The quantitative estimate of drug-likeness (QED) is 0.879. The summed E-state index contributed by atoms with van der Waals surface area (Å²) in [6.45, 7) is 6.94. The van der Waals surface area contributed by atoms with Gasteiger partial charge in [0.2, 0.25) is 0 Å². The summed E-state index contributed by atoms with van der Waals surface area (Å²) in [6.07, 6.45) is 0. The van der Waals surface area contributed by atoms with Crippen molar-refractivity contribution in [1.29, 1.82) is 0 Å². The average molecular weight is 277 g/mol. The molecule has 6 heteroatoms. The van der Waals surface area contributed by atoms with Crippen LogP contribution in [0.3, 0.4) is 0 Å². The molecule has 0 spiro atoms. The number of nitrogens with zero attached hydrogens (tertiary/aromatic N) is 3. The van der Waals surface area contributed by atoms with Crippen LogP contribution in [0.5, 0.6) is 0 Å². The monoisotopic (exact) mass is 277 g/mol. The molecule has 2 N–H and O–H groups in total. The molecule has 0 bridgehead atoms. The molecule has 2 aromatic rings. The van der Waals surface area contributed by atoms with Crippen molar-refractivity contribution in [2.45, 2.75) is 33.2 Å². The Labute approximate surface area is 117 Å². The van der Waals surface area contributed by atoms with E-state index in [4.69, 9.17) is 0 Å². The van der Waals surface area contributed by atoms with Gasteiger partial charge in [-0.05, 0) is 6.92 Å². The molecule has 2 rings (SSSR count). The maximum Gasteiger partial charge on any atom is 0.135 e. The van der Waals surface area contributed by atoms with Crippen LogP contribution in [0.2, 0.25) is 0 Å². The second-order valence-corrected chi connectivity index (χ2v) is 5.56. The zero-order valence-electron chi connectivity index (χ0n) is 11.7. The van der Waals surface area contributed by atoms with Gasteiger partial charge in [-0.1, -0.05) is 13.8 Å². The van der Waals surface area contributed by atoms with Crippen LogP contribution in [0.15, 0.2) is 11.6 Å². The van der Waals surface area contributed by atoms with Gasteiger partial charge in [-0.2, -0.15) is 0 Å². The molecule has 0 aliphatic heterocycles. The Balaban J connectivity index is 2.15. The van der Waals surface area contributed by atoms with Crippen LogP contribution >= 0.6 is 11.3 Å². The Morgan fingerprint density at radius 3 is 2.58 bits per heavy atom. The molecule has 0 aliphatic carbocycles. The first-order valence-corrected chi connectivity index (χ1v) is 7.17. The van der Waals surface area contributed by atoms with Gasteiger partial charge < -0.3 is 10.6 Å². The van der Waals surface area contributed by atoms with Crippen molar-refractivity contribution in [3.8, 4) is 0 Å². The second-order valence-electron chi connectivity index (χ2n) is 4.62. The first-order chi connectivity index (χ1) is 9.10. The topological polar surface area (TPSA) is 62.7 Å². The molecule has 0 aliphatic rings. The molecule has 0 unspecified atom stereocenters. The van der Waals surface area contributed by atoms with Crippen molar-refractivity contribution in [3.05, 3.63) is 28.0 Å². The molecular weight excluding hydrogens is 258 g/mol. The first-order valence-electron chi connectivity index (χ1n) is 6.29. The summed E-state index contributed by atoms with van der Waals surface area (Å²) in [7, 11) is 1.86. The number of anilines is 2. The Morgan fingerprint density at radius 1 is 1.26 bits per heavy atom. The van der Waals surface area contributed by atoms with Crippen LogP contribution in [0, 0.1) is 6.92 Å². The molecule has 19 heavy (non-hydrogen) atoms. The van der Waals surface area contributed by atoms with Crippen molar-refractivity contribution in [2.24, 2.45) is 0 Å². The van der Waals surface area contributed by atoms with E-state index in [1.54, 1.807) is 11.3 Å². The van der Waals surface area contributed by atoms with Crippen molar-refractivity contribution in [1.82, 2.24) is 15.0 Å². The lowest BCUT2D eigenvalue weighted by molar-refractivity contribution is 0.776. The first kappa shape index (κ1) is 13.7. The predicted octanol–water partition coefficient (Wildman–Crippen LogP) is 3.02. The highest BCUT2D eigenvalue weighted by Gasteiger charge is 2.08. The van der Waals surface area contributed by atoms with Gasteiger partial charge in [-0.3, -0.25) is 0 Å². The molecule has 5 nitrogen and oxygen atoms in total. The summed E-state index contributed by atoms with van der Waals surface area (Å²) >= 11 is 1.66. The molecular formula is C13H19N5S. The molecule has 2 aromatic heterocycles. The van der Waals surface area contributed by atoms with E-state index in [1.807, 2.05) is 25.5 Å². The molecule has 0 saturated heterocycles. The molecule has 2 heterocycles. The van der Waals surface area contributed by atoms with Crippen LogP contribution < -0.4 is 10.6 Å². The number of hydrogen-bond acceptors (Lipinski definition) is 6. The summed E-state index contributed by atoms with van der Waals surface area (Å²) in [5.74, 6) is 2.83. The minimum absolute atomic E-state index is 0.305. The highest BCUT2D eigenvalue weighted by atomic mass is 32.1. The van der Waals surface area contributed by atoms with E-state index < -0.39 is 0 Å². The smallest absolute Gasteiger partial charge is 0.135 e. The fourth-order valence-corrected chi connectivity index (χ4v) is 2.33. The van der Waals surface area contributed by atoms with Crippen LogP contribution in [-0.4, -0.2) is 22.0 Å². The highest BCUT2D eigenvalue weighted by molar-refractivity contribution is 7.09. The van der Waals surface area contributed by atoms with E-state index in [2.05, 4.69) is 39.4 Å². The predicted molar refractivity (Wildman–Crippen MR) is 79.8 cm³/mol. The molecule has 102 valence electrons. The minimum Gasteiger partial charge on any atom is -0.373 e. The van der Waals surface area contributed by atoms with Crippen molar-refractivity contribution >= 4 is 23.0 Å². The normalized spacial score (nSPS) is 10.8. The molecule has 0 radical (unpaired) electrons. The minimum atomic E-state index is 0.305. The van der Waals surface area contributed by atoms with Gasteiger partial charge in [0.15, 0.2) is 0 Å². The van der Waals surface area contributed by atoms with E-state index in [1.165, 1.54) is 4.88 Å². The van der Waals surface area contributed by atoms with Crippen LogP contribution in [0.4, 0.5) is 11.6 Å². The van der Waals surface area contributed by atoms with Crippen molar-refractivity contribution in [3.63, 3.8) is 0 Å². The fraction of sp³-hybridized carbons (Fsp3) is 0.462. The third-order valence-corrected chi connectivity index (χ3v) is 3.73. The van der Waals surface area contributed by atoms with E-state index >= 15 is 0 Å². The van der Waals surface area contributed by atoms with Crippen LogP contribution in [0.1, 0.15) is 36.2 Å². The number of aryl methyl sites for hydroxylation is 1. The van der Waals surface area contributed by atoms with Gasteiger partial charge >= 0.3 is 0 Å². The zero-order valence-corrected chi connectivity index (χ0v) is 12.5. The average Bonchev–Trinajstić information content (AvgIpc) is 2.81. The lowest BCUT2D eigenvalue weighted by Gasteiger charge is -2.11. The van der Waals surface area contributed by atoms with Crippen molar-refractivity contribution in [2.75, 3.05) is 17.7 Å². The standard InChI is InChI=1S/C13H19N5S/c1-8(2)13-17-11(14-4)5-12(18-13)15-6-10-9(3)16-7-19-10/h5,7-8H,6H2,1-4H3,(H2,14,15,17,18). The fourth-order valence-electron chi connectivity index (χ4n) is 1.61. The molecule has 0 fully saturated rings. The summed E-state index contributed by atoms with van der Waals surface area (Å²) in [5.41, 5.74) is 2.94. The van der Waals surface area contributed by atoms with Gasteiger partial charge in [0, 0.05) is 23.9 Å². The Bertz CT molecular complexity index is 550. The number of hydrogen-bond donors (Lipinski definition) is 2. The van der Waals surface area contributed by atoms with Gasteiger partial charge in [0.25, 0.3) is 0 Å². The highest BCUT2D eigenvalue weighted by Crippen LogP contribution is 2.18. The third kappa shape index (κ3) is 3.41. The third-order valence-electron chi connectivity index (χ3n) is 2.79. The maximum absolute atomic E-state index is 4.53. The van der Waals surface area contributed by atoms with E-state index in [9.17, 15) is 0 Å². The second kappa shape index (κ2) is 5.97. The van der Waals surface area contributed by atoms with E-state index in [0.717, 1.165) is 29.7 Å². The molecule has 0 saturated carbocycles. The summed E-state index contributed by atoms with van der Waals surface area (Å²) in [4.78, 5) is 14.4. The molecule has 0 atom stereocenters. The summed E-state index contributed by atoms with van der Waals surface area (Å²) < 4.78 is 0. The number of nitrogens with one attached hydrogen (secondary N) is 2. The van der Waals surface area contributed by atoms with Crippen LogP contribution in [-0.2, 0) is 6.54 Å². The van der Waals surface area contributed by atoms with Gasteiger partial charge in [0.1, 0.15) is 17.5 Å². The lowest BCUT2D eigenvalue weighted by Crippen LogP contribution is -2.07. The van der Waals surface area contributed by atoms with Crippen molar-refractivity contribution < 1.29 is 0 Å². The van der Waals surface area contributed by atoms with E-state index in [-0.39, 0.29) is 0 Å². The molecule has 0 amide bonds. The Kier molecular flexibility index (Phi) is 4.31. The number of thiazole rings is 1. The SMILES string of the molecule is CNc1cc(NCc2scnc2C)nc(C(C)C)n1. The van der Waals surface area contributed by atoms with E-state index in [0.29, 0.717) is 5.92 Å². The largest absolute Gasteiger partial charge is 0.373 e. The Morgan fingerprint density at radius 2 is 2.00 bits per heavy atom. The van der Waals surface area contributed by atoms with Gasteiger partial charge in [-0.25, -0.2) is 15.0 Å².